The van der Waals surface area contributed by atoms with E-state index in [9.17, 15) is 0 Å². The van der Waals surface area contributed by atoms with Gasteiger partial charge in [0.15, 0.2) is 0 Å². The average Bonchev–Trinajstić information content (AvgIpc) is 3.13. The highest BCUT2D eigenvalue weighted by atomic mass is 15.1. The maximum Gasteiger partial charge on any atom is 0.104 e. The fourth-order valence-corrected chi connectivity index (χ4v) is 2.53. The zero-order valence-electron chi connectivity index (χ0n) is 11.2. The van der Waals surface area contributed by atoms with Crippen LogP contribution in [0.15, 0.2) is 54.7 Å². The van der Waals surface area contributed by atoms with Gasteiger partial charge in [-0.3, -0.25) is 10.2 Å². The van der Waals surface area contributed by atoms with E-state index in [0.717, 1.165) is 39.1 Å². The molecule has 0 fully saturated rings. The minimum absolute atomic E-state index is 0.718. The molecule has 0 aliphatic heterocycles. The lowest BCUT2D eigenvalue weighted by molar-refractivity contribution is 1.10. The van der Waals surface area contributed by atoms with Gasteiger partial charge in [0, 0.05) is 22.2 Å². The second-order valence-electron chi connectivity index (χ2n) is 4.90. The molecule has 21 heavy (non-hydrogen) atoms. The Kier molecular flexibility index (Phi) is 2.50. The largest absolute Gasteiger partial charge is 0.399 e. The maximum atomic E-state index is 5.89. The van der Waals surface area contributed by atoms with Crippen LogP contribution >= 0.6 is 0 Å². The topological polar surface area (TPSA) is 83.4 Å². The third-order valence-electron chi connectivity index (χ3n) is 3.54. The highest BCUT2D eigenvalue weighted by Crippen LogP contribution is 2.33. The summed E-state index contributed by atoms with van der Waals surface area (Å²) in [6.07, 6.45) is 1.79. The van der Waals surface area contributed by atoms with Crippen LogP contribution in [0.1, 0.15) is 0 Å². The molecule has 0 atom stereocenters. The smallest absolute Gasteiger partial charge is 0.104 e. The van der Waals surface area contributed by atoms with Crippen molar-refractivity contribution in [3.05, 3.63) is 54.7 Å². The molecule has 0 unspecified atom stereocenters. The van der Waals surface area contributed by atoms with Crippen LogP contribution in [0.2, 0.25) is 0 Å². The van der Waals surface area contributed by atoms with Crippen LogP contribution in [0.5, 0.6) is 0 Å². The lowest BCUT2D eigenvalue weighted by Gasteiger charge is -2.01. The first-order valence-electron chi connectivity index (χ1n) is 6.66. The van der Waals surface area contributed by atoms with Gasteiger partial charge < -0.3 is 5.73 Å². The van der Waals surface area contributed by atoms with Gasteiger partial charge in [0.1, 0.15) is 5.69 Å². The highest BCUT2D eigenvalue weighted by Gasteiger charge is 2.15. The Balaban J connectivity index is 1.95. The summed E-state index contributed by atoms with van der Waals surface area (Å²) in [5.41, 5.74) is 11.4. The minimum Gasteiger partial charge on any atom is -0.399 e. The molecular weight excluding hydrogens is 262 g/mol. The highest BCUT2D eigenvalue weighted by molar-refractivity contribution is 5.97. The van der Waals surface area contributed by atoms with Crippen LogP contribution in [-0.4, -0.2) is 20.4 Å². The fourth-order valence-electron chi connectivity index (χ4n) is 2.53. The number of nitrogens with two attached hydrogens (primary N) is 1. The zero-order chi connectivity index (χ0) is 14.2. The van der Waals surface area contributed by atoms with Crippen LogP contribution in [0.4, 0.5) is 5.69 Å². The number of nitrogen functional groups attached to an aromatic ring is 1. The van der Waals surface area contributed by atoms with E-state index in [0.29, 0.717) is 0 Å². The number of nitrogens with zero attached hydrogens (tertiary/aromatic N) is 2. The van der Waals surface area contributed by atoms with Gasteiger partial charge >= 0.3 is 0 Å². The normalized spacial score (nSPS) is 11.0. The molecule has 2 aromatic carbocycles. The average molecular weight is 275 g/mol. The number of H-pyrrole nitrogens is 2. The van der Waals surface area contributed by atoms with Gasteiger partial charge in [0.2, 0.25) is 0 Å². The molecule has 0 saturated carbocycles. The van der Waals surface area contributed by atoms with E-state index in [2.05, 4.69) is 20.4 Å². The van der Waals surface area contributed by atoms with E-state index in [4.69, 9.17) is 5.73 Å². The summed E-state index contributed by atoms with van der Waals surface area (Å²) in [7, 11) is 0. The van der Waals surface area contributed by atoms with Crippen molar-refractivity contribution in [2.75, 3.05) is 5.73 Å². The van der Waals surface area contributed by atoms with Gasteiger partial charge in [-0.1, -0.05) is 30.3 Å². The van der Waals surface area contributed by atoms with Gasteiger partial charge in [0.25, 0.3) is 0 Å². The maximum absolute atomic E-state index is 5.89. The molecule has 102 valence electrons. The summed E-state index contributed by atoms with van der Waals surface area (Å²) in [5, 5.41) is 15.7. The van der Waals surface area contributed by atoms with E-state index >= 15 is 0 Å². The number of aromatic amines is 2. The van der Waals surface area contributed by atoms with Crippen LogP contribution in [-0.2, 0) is 0 Å². The molecular formula is C16H13N5. The zero-order valence-corrected chi connectivity index (χ0v) is 11.2. The molecule has 2 heterocycles. The molecule has 0 amide bonds. The Labute approximate surface area is 120 Å². The van der Waals surface area contributed by atoms with Crippen molar-refractivity contribution in [3.63, 3.8) is 0 Å². The van der Waals surface area contributed by atoms with Crippen molar-refractivity contribution in [3.8, 4) is 22.5 Å². The van der Waals surface area contributed by atoms with Crippen LogP contribution in [0, 0.1) is 0 Å². The molecule has 0 aliphatic rings. The van der Waals surface area contributed by atoms with Crippen molar-refractivity contribution in [1.29, 1.82) is 0 Å². The van der Waals surface area contributed by atoms with E-state index in [1.807, 2.05) is 48.5 Å². The van der Waals surface area contributed by atoms with Gasteiger partial charge in [-0.15, -0.1) is 0 Å². The number of rotatable bonds is 2. The second kappa shape index (κ2) is 4.49. The Hall–Kier alpha value is -3.08. The van der Waals surface area contributed by atoms with Crippen molar-refractivity contribution in [2.24, 2.45) is 0 Å². The van der Waals surface area contributed by atoms with E-state index < -0.39 is 0 Å². The van der Waals surface area contributed by atoms with Gasteiger partial charge in [0.05, 0.1) is 17.4 Å². The number of fused-ring (bicyclic) bond motifs is 1. The predicted octanol–water partition coefficient (Wildman–Crippen LogP) is 3.20. The number of benzene rings is 2. The minimum atomic E-state index is 0.718. The lowest BCUT2D eigenvalue weighted by Crippen LogP contribution is -1.85. The first-order valence-corrected chi connectivity index (χ1v) is 6.66. The van der Waals surface area contributed by atoms with E-state index in [1.54, 1.807) is 6.20 Å². The molecule has 5 heteroatoms. The Morgan fingerprint density at radius 1 is 0.952 bits per heavy atom. The fraction of sp³-hybridized carbons (Fsp3) is 0. The van der Waals surface area contributed by atoms with Crippen LogP contribution in [0.25, 0.3) is 33.4 Å². The van der Waals surface area contributed by atoms with Crippen molar-refractivity contribution >= 4 is 16.6 Å². The predicted molar refractivity (Wildman–Crippen MR) is 83.5 cm³/mol. The summed E-state index contributed by atoms with van der Waals surface area (Å²) in [5.74, 6) is 0. The Morgan fingerprint density at radius 2 is 1.81 bits per heavy atom. The summed E-state index contributed by atoms with van der Waals surface area (Å²) < 4.78 is 0. The molecule has 0 spiro atoms. The molecule has 5 nitrogen and oxygen atoms in total. The summed E-state index contributed by atoms with van der Waals surface area (Å²) >= 11 is 0. The molecule has 4 aromatic rings. The Morgan fingerprint density at radius 3 is 2.67 bits per heavy atom. The molecule has 0 saturated heterocycles. The third-order valence-corrected chi connectivity index (χ3v) is 3.54. The van der Waals surface area contributed by atoms with Crippen LogP contribution in [0.3, 0.4) is 0 Å². The summed E-state index contributed by atoms with van der Waals surface area (Å²) in [6.45, 7) is 0. The third kappa shape index (κ3) is 1.87. The molecule has 4 N–H and O–H groups in total. The van der Waals surface area contributed by atoms with Crippen molar-refractivity contribution in [1.82, 2.24) is 20.4 Å². The van der Waals surface area contributed by atoms with Crippen molar-refractivity contribution in [2.45, 2.75) is 0 Å². The quantitative estimate of drug-likeness (QED) is 0.491. The number of anilines is 1. The second-order valence-corrected chi connectivity index (χ2v) is 4.90. The van der Waals surface area contributed by atoms with Crippen molar-refractivity contribution < 1.29 is 0 Å². The first-order chi connectivity index (χ1) is 10.3. The van der Waals surface area contributed by atoms with Crippen LogP contribution < -0.4 is 5.73 Å². The number of hydrogen-bond donors (Lipinski definition) is 3. The van der Waals surface area contributed by atoms with E-state index in [-0.39, 0.29) is 0 Å². The van der Waals surface area contributed by atoms with Gasteiger partial charge in [-0.25, -0.2) is 0 Å². The standard InChI is InChI=1S/C16H13N5/c17-11-6-7-14-12(8-11)16(21-19-14)13-9-18-20-15(13)10-4-2-1-3-5-10/h1-9H,17H2,(H,18,20)(H,19,21). The lowest BCUT2D eigenvalue weighted by atomic mass is 10.0. The van der Waals surface area contributed by atoms with Gasteiger partial charge in [-0.05, 0) is 18.2 Å². The summed E-state index contributed by atoms with van der Waals surface area (Å²) in [4.78, 5) is 0. The number of aromatic nitrogens is 4. The monoisotopic (exact) mass is 275 g/mol. The Bertz CT molecular complexity index is 905. The van der Waals surface area contributed by atoms with E-state index in [1.165, 1.54) is 0 Å². The molecule has 0 bridgehead atoms. The molecule has 0 radical (unpaired) electrons. The SMILES string of the molecule is Nc1ccc2[nH]nc(-c3cn[nH]c3-c3ccccc3)c2c1. The molecule has 0 aliphatic carbocycles. The van der Waals surface area contributed by atoms with Gasteiger partial charge in [-0.2, -0.15) is 10.2 Å². The number of hydrogen-bond acceptors (Lipinski definition) is 3. The molecule has 2 aromatic heterocycles. The first kappa shape index (κ1) is 11.7. The molecule has 4 rings (SSSR count). The summed E-state index contributed by atoms with van der Waals surface area (Å²) in [6, 6.07) is 15.8. The number of nitrogens with one attached hydrogen (secondary N) is 2.